The molecule has 6 nitrogen and oxygen atoms in total. The predicted molar refractivity (Wildman–Crippen MR) is 99.3 cm³/mol. The average Bonchev–Trinajstić information content (AvgIpc) is 3.00. The number of benzene rings is 1. The summed E-state index contributed by atoms with van der Waals surface area (Å²) in [6.45, 7) is 7.83. The van der Waals surface area contributed by atoms with Crippen molar-refractivity contribution in [3.8, 4) is 6.08 Å². The number of piperidine rings is 1. The molecule has 1 aliphatic rings. The van der Waals surface area contributed by atoms with Crippen LogP contribution in [-0.4, -0.2) is 41.3 Å². The van der Waals surface area contributed by atoms with Crippen molar-refractivity contribution in [2.75, 3.05) is 19.7 Å². The summed E-state index contributed by atoms with van der Waals surface area (Å²) in [5.74, 6) is 0.626. The first-order valence-electron chi connectivity index (χ1n) is 9.37. The lowest BCUT2D eigenvalue weighted by Crippen LogP contribution is -2.41. The van der Waals surface area contributed by atoms with Crippen molar-refractivity contribution in [3.63, 3.8) is 0 Å². The number of nitrogens with zero attached hydrogens (tertiary/aromatic N) is 2. The van der Waals surface area contributed by atoms with Crippen LogP contribution in [0.1, 0.15) is 46.5 Å². The van der Waals surface area contributed by atoms with Crippen molar-refractivity contribution in [2.45, 2.75) is 52.1 Å². The molecule has 0 N–H and O–H groups in total. The summed E-state index contributed by atoms with van der Waals surface area (Å²) >= 11 is 0. The lowest BCUT2D eigenvalue weighted by molar-refractivity contribution is 0.0179. The highest BCUT2D eigenvalue weighted by molar-refractivity contribution is 5.72. The lowest BCUT2D eigenvalue weighted by Gasteiger charge is -2.33. The van der Waals surface area contributed by atoms with Gasteiger partial charge in [-0.2, -0.15) is 4.98 Å². The van der Waals surface area contributed by atoms with Crippen LogP contribution in [0, 0.1) is 5.92 Å². The number of fused-ring (bicyclic) bond motifs is 1. The zero-order valence-corrected chi connectivity index (χ0v) is 15.9. The average molecular weight is 360 g/mol. The van der Waals surface area contributed by atoms with E-state index in [1.54, 1.807) is 0 Å². The summed E-state index contributed by atoms with van der Waals surface area (Å²) < 4.78 is 16.6. The van der Waals surface area contributed by atoms with E-state index in [2.05, 4.69) is 4.98 Å². The fourth-order valence-corrected chi connectivity index (χ4v) is 3.17. The molecule has 1 aromatic carbocycles. The Morgan fingerprint density at radius 1 is 1.27 bits per heavy atom. The van der Waals surface area contributed by atoms with Crippen molar-refractivity contribution in [1.82, 2.24) is 9.88 Å². The Morgan fingerprint density at radius 2 is 2.00 bits per heavy atom. The molecule has 1 aromatic heterocycles. The number of hydrogen-bond donors (Lipinski definition) is 0. The van der Waals surface area contributed by atoms with Crippen LogP contribution in [0.4, 0.5) is 4.79 Å². The molecule has 0 aliphatic carbocycles. The summed E-state index contributed by atoms with van der Waals surface area (Å²) in [6, 6.07) is 7.64. The van der Waals surface area contributed by atoms with E-state index in [1.807, 2.05) is 49.9 Å². The molecule has 3 rings (SSSR count). The minimum Gasteiger partial charge on any atom is -0.450 e. The van der Waals surface area contributed by atoms with E-state index in [4.69, 9.17) is 13.9 Å². The first-order chi connectivity index (χ1) is 12.4. The van der Waals surface area contributed by atoms with Crippen molar-refractivity contribution in [2.24, 2.45) is 5.92 Å². The molecule has 1 amide bonds. The van der Waals surface area contributed by atoms with Gasteiger partial charge in [0, 0.05) is 13.1 Å². The topological polar surface area (TPSA) is 64.8 Å². The van der Waals surface area contributed by atoms with Crippen molar-refractivity contribution in [1.29, 1.82) is 0 Å². The maximum absolute atomic E-state index is 12.1. The summed E-state index contributed by atoms with van der Waals surface area (Å²) in [5.41, 5.74) is 1.13. The Morgan fingerprint density at radius 3 is 2.69 bits per heavy atom. The molecule has 1 aliphatic heterocycles. The molecule has 0 unspecified atom stereocenters. The number of amides is 1. The summed E-state index contributed by atoms with van der Waals surface area (Å²) in [6.07, 6.45) is 4.21. The number of carbonyl (C=O) groups excluding carboxylic acids is 1. The number of para-hydroxylation sites is 2. The first kappa shape index (κ1) is 18.5. The fourth-order valence-electron chi connectivity index (χ4n) is 3.17. The van der Waals surface area contributed by atoms with Crippen LogP contribution in [0.5, 0.6) is 6.08 Å². The maximum atomic E-state index is 12.1. The number of rotatable bonds is 5. The van der Waals surface area contributed by atoms with Gasteiger partial charge in [-0.15, -0.1) is 0 Å². The first-order valence-corrected chi connectivity index (χ1v) is 9.37. The molecule has 1 saturated heterocycles. The Bertz CT molecular complexity index is 694. The normalized spacial score (nSPS) is 16.0. The molecule has 0 spiro atoms. The Labute approximate surface area is 154 Å². The molecule has 0 atom stereocenters. The van der Waals surface area contributed by atoms with E-state index >= 15 is 0 Å². The summed E-state index contributed by atoms with van der Waals surface area (Å²) in [5, 5.41) is 0. The Kier molecular flexibility index (Phi) is 5.69. The van der Waals surface area contributed by atoms with Crippen LogP contribution in [-0.2, 0) is 4.74 Å². The van der Waals surface area contributed by atoms with E-state index in [1.165, 1.54) is 0 Å². The quantitative estimate of drug-likeness (QED) is 0.727. The number of aromatic nitrogens is 1. The highest BCUT2D eigenvalue weighted by Crippen LogP contribution is 2.24. The van der Waals surface area contributed by atoms with Gasteiger partial charge in [0.25, 0.3) is 0 Å². The second-order valence-electron chi connectivity index (χ2n) is 7.85. The molecular formula is C20H28N2O4. The van der Waals surface area contributed by atoms with Crippen LogP contribution in [0.2, 0.25) is 0 Å². The minimum atomic E-state index is -0.435. The van der Waals surface area contributed by atoms with Gasteiger partial charge in [-0.1, -0.05) is 12.1 Å². The van der Waals surface area contributed by atoms with E-state index in [0.717, 1.165) is 49.9 Å². The molecule has 1 fully saturated rings. The standard InChI is InChI=1S/C20H28N2O4/c1-20(2,3)26-19(23)22-12-10-15(11-13-22)7-6-14-24-18-21-16-8-4-5-9-17(16)25-18/h4-5,8-9,15H,6-7,10-14H2,1-3H3. The number of ether oxygens (including phenoxy) is 2. The molecule has 142 valence electrons. The zero-order valence-electron chi connectivity index (χ0n) is 15.9. The Balaban J connectivity index is 1.34. The molecular weight excluding hydrogens is 332 g/mol. The van der Waals surface area contributed by atoms with Gasteiger partial charge in [-0.05, 0) is 64.5 Å². The summed E-state index contributed by atoms with van der Waals surface area (Å²) in [4.78, 5) is 18.2. The number of hydrogen-bond acceptors (Lipinski definition) is 5. The van der Waals surface area contributed by atoms with Gasteiger partial charge in [0.1, 0.15) is 11.1 Å². The summed E-state index contributed by atoms with van der Waals surface area (Å²) in [7, 11) is 0. The van der Waals surface area contributed by atoms with Crippen LogP contribution in [0.25, 0.3) is 11.1 Å². The predicted octanol–water partition coefficient (Wildman–Crippen LogP) is 4.63. The number of oxazole rings is 1. The van der Waals surface area contributed by atoms with E-state index < -0.39 is 5.60 Å². The monoisotopic (exact) mass is 360 g/mol. The molecule has 2 heterocycles. The van der Waals surface area contributed by atoms with Crippen LogP contribution in [0.15, 0.2) is 28.7 Å². The Hall–Kier alpha value is -2.24. The van der Waals surface area contributed by atoms with Gasteiger partial charge in [-0.3, -0.25) is 0 Å². The fraction of sp³-hybridized carbons (Fsp3) is 0.600. The second-order valence-corrected chi connectivity index (χ2v) is 7.85. The van der Waals surface area contributed by atoms with Gasteiger partial charge in [0.2, 0.25) is 0 Å². The molecule has 0 saturated carbocycles. The SMILES string of the molecule is CC(C)(C)OC(=O)N1CCC(CCCOc2nc3ccccc3o2)CC1. The van der Waals surface area contributed by atoms with E-state index in [-0.39, 0.29) is 6.09 Å². The molecule has 2 aromatic rings. The lowest BCUT2D eigenvalue weighted by atomic mass is 9.92. The third-order valence-corrected chi connectivity index (χ3v) is 4.52. The minimum absolute atomic E-state index is 0.199. The van der Waals surface area contributed by atoms with Gasteiger partial charge in [0.05, 0.1) is 6.61 Å². The van der Waals surface area contributed by atoms with Crippen LogP contribution < -0.4 is 4.74 Å². The third-order valence-electron chi connectivity index (χ3n) is 4.52. The van der Waals surface area contributed by atoms with E-state index in [9.17, 15) is 4.79 Å². The van der Waals surface area contributed by atoms with Crippen molar-refractivity contribution in [3.05, 3.63) is 24.3 Å². The third kappa shape index (κ3) is 5.13. The molecule has 0 radical (unpaired) electrons. The van der Waals surface area contributed by atoms with Crippen molar-refractivity contribution >= 4 is 17.2 Å². The zero-order chi connectivity index (χ0) is 18.6. The van der Waals surface area contributed by atoms with Gasteiger partial charge < -0.3 is 18.8 Å². The molecule has 6 heteroatoms. The van der Waals surface area contributed by atoms with Crippen LogP contribution in [0.3, 0.4) is 0 Å². The highest BCUT2D eigenvalue weighted by Gasteiger charge is 2.26. The number of likely N-dealkylation sites (tertiary alicyclic amines) is 1. The van der Waals surface area contributed by atoms with Crippen molar-refractivity contribution < 1.29 is 18.7 Å². The van der Waals surface area contributed by atoms with Gasteiger partial charge >= 0.3 is 12.2 Å². The highest BCUT2D eigenvalue weighted by atomic mass is 16.6. The van der Waals surface area contributed by atoms with E-state index in [0.29, 0.717) is 18.6 Å². The second kappa shape index (κ2) is 7.98. The van der Waals surface area contributed by atoms with Gasteiger partial charge in [-0.25, -0.2) is 4.79 Å². The smallest absolute Gasteiger partial charge is 0.410 e. The van der Waals surface area contributed by atoms with Gasteiger partial charge in [0.15, 0.2) is 5.58 Å². The largest absolute Gasteiger partial charge is 0.450 e. The maximum Gasteiger partial charge on any atom is 0.410 e. The van der Waals surface area contributed by atoms with Crippen LogP contribution >= 0.6 is 0 Å². The molecule has 0 bridgehead atoms. The molecule has 26 heavy (non-hydrogen) atoms. The number of carbonyl (C=O) groups is 1.